The van der Waals surface area contributed by atoms with Crippen LogP contribution in [0.1, 0.15) is 19.8 Å². The maximum atomic E-state index is 5.98. The molecule has 0 bridgehead atoms. The van der Waals surface area contributed by atoms with E-state index < -0.39 is 0 Å². The molecule has 0 radical (unpaired) electrons. The first-order valence-corrected chi connectivity index (χ1v) is 6.47. The number of nitrogens with two attached hydrogens (primary N) is 1. The summed E-state index contributed by atoms with van der Waals surface area (Å²) >= 11 is 5.98. The van der Waals surface area contributed by atoms with E-state index in [2.05, 4.69) is 24.2 Å². The van der Waals surface area contributed by atoms with Crippen LogP contribution in [-0.4, -0.2) is 30.6 Å². The molecule has 1 atom stereocenters. The zero-order chi connectivity index (χ0) is 12.4. The van der Waals surface area contributed by atoms with Crippen molar-refractivity contribution in [3.8, 4) is 0 Å². The number of hydrogen-bond donors (Lipinski definition) is 2. The summed E-state index contributed by atoms with van der Waals surface area (Å²) in [6, 6.07) is 6.97. The average Bonchev–Trinajstić information content (AvgIpc) is 3.13. The van der Waals surface area contributed by atoms with E-state index in [-0.39, 0.29) is 0 Å². The first-order valence-electron chi connectivity index (χ1n) is 6.09. The first kappa shape index (κ1) is 12.5. The lowest BCUT2D eigenvalue weighted by Gasteiger charge is -2.25. The molecule has 0 heterocycles. The molecule has 17 heavy (non-hydrogen) atoms. The molecule has 1 unspecified atom stereocenters. The maximum Gasteiger partial charge on any atom is 0.0739 e. The molecule has 3 nitrogen and oxygen atoms in total. The lowest BCUT2D eigenvalue weighted by Crippen LogP contribution is -2.36. The first-order chi connectivity index (χ1) is 8.09. The van der Waals surface area contributed by atoms with E-state index in [1.54, 1.807) is 0 Å². The summed E-state index contributed by atoms with van der Waals surface area (Å²) in [6.07, 6.45) is 2.67. The summed E-state index contributed by atoms with van der Waals surface area (Å²) in [5, 5.41) is 3.98. The third kappa shape index (κ3) is 3.05. The summed E-state index contributed by atoms with van der Waals surface area (Å²) in [5.74, 6) is 0. The summed E-state index contributed by atoms with van der Waals surface area (Å²) in [4.78, 5) is 2.42. The van der Waals surface area contributed by atoms with Crippen molar-refractivity contribution in [3.63, 3.8) is 0 Å². The van der Waals surface area contributed by atoms with Crippen LogP contribution in [-0.2, 0) is 0 Å². The molecule has 0 aromatic heterocycles. The summed E-state index contributed by atoms with van der Waals surface area (Å²) < 4.78 is 0. The van der Waals surface area contributed by atoms with Crippen molar-refractivity contribution >= 4 is 23.0 Å². The van der Waals surface area contributed by atoms with Gasteiger partial charge in [0, 0.05) is 18.6 Å². The van der Waals surface area contributed by atoms with Crippen molar-refractivity contribution in [2.75, 3.05) is 24.6 Å². The van der Waals surface area contributed by atoms with Gasteiger partial charge in [-0.25, -0.2) is 0 Å². The molecule has 1 aromatic rings. The molecule has 0 saturated heterocycles. The lowest BCUT2D eigenvalue weighted by molar-refractivity contribution is 0.257. The molecule has 2 rings (SSSR count). The topological polar surface area (TPSA) is 41.3 Å². The van der Waals surface area contributed by atoms with Gasteiger partial charge in [-0.2, -0.15) is 0 Å². The van der Waals surface area contributed by atoms with E-state index in [9.17, 15) is 0 Å². The summed E-state index contributed by atoms with van der Waals surface area (Å²) in [5.41, 5.74) is 7.47. The number of nitrogen functional groups attached to an aromatic ring is 1. The average molecular weight is 254 g/mol. The van der Waals surface area contributed by atoms with Gasteiger partial charge in [-0.1, -0.05) is 17.7 Å². The summed E-state index contributed by atoms with van der Waals surface area (Å²) in [6.45, 7) is 3.11. The second-order valence-electron chi connectivity index (χ2n) is 4.83. The number of benzene rings is 1. The molecule has 1 saturated carbocycles. The number of para-hydroxylation sites is 1. The van der Waals surface area contributed by atoms with Gasteiger partial charge in [0.15, 0.2) is 0 Å². The van der Waals surface area contributed by atoms with Crippen LogP contribution < -0.4 is 11.1 Å². The fourth-order valence-corrected chi connectivity index (χ4v) is 2.11. The zero-order valence-electron chi connectivity index (χ0n) is 10.4. The van der Waals surface area contributed by atoms with Crippen molar-refractivity contribution < 1.29 is 0 Å². The molecule has 0 amide bonds. The third-order valence-corrected chi connectivity index (χ3v) is 3.79. The van der Waals surface area contributed by atoms with Crippen LogP contribution in [0.5, 0.6) is 0 Å². The minimum atomic E-state index is 0.501. The van der Waals surface area contributed by atoms with Gasteiger partial charge >= 0.3 is 0 Å². The monoisotopic (exact) mass is 253 g/mol. The van der Waals surface area contributed by atoms with Gasteiger partial charge in [0.05, 0.1) is 16.4 Å². The molecule has 1 aliphatic rings. The number of nitrogens with zero attached hydrogens (tertiary/aromatic N) is 1. The van der Waals surface area contributed by atoms with Crippen molar-refractivity contribution in [2.24, 2.45) is 0 Å². The van der Waals surface area contributed by atoms with Crippen LogP contribution in [0.4, 0.5) is 11.4 Å². The Hall–Kier alpha value is -0.930. The number of rotatable bonds is 5. The third-order valence-electron chi connectivity index (χ3n) is 3.46. The standard InChI is InChI=1S/C13H20ClN3/c1-9(17(2)10-6-7-10)8-16-12-5-3-4-11(14)13(12)15/h3-5,9-10,16H,6-8,15H2,1-2H3. The fourth-order valence-electron chi connectivity index (χ4n) is 1.93. The van der Waals surface area contributed by atoms with Gasteiger partial charge in [-0.3, -0.25) is 4.90 Å². The maximum absolute atomic E-state index is 5.98. The van der Waals surface area contributed by atoms with Crippen molar-refractivity contribution in [1.29, 1.82) is 0 Å². The van der Waals surface area contributed by atoms with Crippen LogP contribution in [0.25, 0.3) is 0 Å². The van der Waals surface area contributed by atoms with E-state index >= 15 is 0 Å². The second-order valence-corrected chi connectivity index (χ2v) is 5.23. The fraction of sp³-hybridized carbons (Fsp3) is 0.538. The highest BCUT2D eigenvalue weighted by atomic mass is 35.5. The predicted molar refractivity (Wildman–Crippen MR) is 74.6 cm³/mol. The molecule has 4 heteroatoms. The largest absolute Gasteiger partial charge is 0.396 e. The van der Waals surface area contributed by atoms with Gasteiger partial charge in [0.1, 0.15) is 0 Å². The normalized spacial score (nSPS) is 17.2. The molecule has 3 N–H and O–H groups in total. The van der Waals surface area contributed by atoms with E-state index in [4.69, 9.17) is 17.3 Å². The van der Waals surface area contributed by atoms with Crippen LogP contribution in [0.3, 0.4) is 0 Å². The van der Waals surface area contributed by atoms with E-state index in [1.165, 1.54) is 12.8 Å². The van der Waals surface area contributed by atoms with Gasteiger partial charge in [-0.15, -0.1) is 0 Å². The SMILES string of the molecule is CC(CNc1cccc(Cl)c1N)N(C)C1CC1. The Kier molecular flexibility index (Phi) is 3.79. The molecule has 0 spiro atoms. The molecule has 0 aliphatic heterocycles. The Morgan fingerprint density at radius 2 is 2.24 bits per heavy atom. The molecule has 1 fully saturated rings. The molecule has 1 aliphatic carbocycles. The number of anilines is 2. The Morgan fingerprint density at radius 3 is 2.88 bits per heavy atom. The molecular weight excluding hydrogens is 234 g/mol. The van der Waals surface area contributed by atoms with Gasteiger partial charge < -0.3 is 11.1 Å². The van der Waals surface area contributed by atoms with Crippen LogP contribution in [0.15, 0.2) is 18.2 Å². The van der Waals surface area contributed by atoms with Gasteiger partial charge in [0.2, 0.25) is 0 Å². The van der Waals surface area contributed by atoms with Gasteiger partial charge in [-0.05, 0) is 38.9 Å². The van der Waals surface area contributed by atoms with Crippen LogP contribution in [0, 0.1) is 0 Å². The number of halogens is 1. The quantitative estimate of drug-likeness (QED) is 0.793. The van der Waals surface area contributed by atoms with E-state index in [0.29, 0.717) is 16.8 Å². The lowest BCUT2D eigenvalue weighted by atomic mass is 10.2. The van der Waals surface area contributed by atoms with Gasteiger partial charge in [0.25, 0.3) is 0 Å². The van der Waals surface area contributed by atoms with Crippen molar-refractivity contribution in [3.05, 3.63) is 23.2 Å². The van der Waals surface area contributed by atoms with E-state index in [0.717, 1.165) is 18.3 Å². The highest BCUT2D eigenvalue weighted by molar-refractivity contribution is 6.33. The molecule has 94 valence electrons. The van der Waals surface area contributed by atoms with Crippen LogP contribution >= 0.6 is 11.6 Å². The van der Waals surface area contributed by atoms with Crippen molar-refractivity contribution in [2.45, 2.75) is 31.8 Å². The van der Waals surface area contributed by atoms with E-state index in [1.807, 2.05) is 18.2 Å². The minimum Gasteiger partial charge on any atom is -0.396 e. The number of hydrogen-bond acceptors (Lipinski definition) is 3. The smallest absolute Gasteiger partial charge is 0.0739 e. The molecular formula is C13H20ClN3. The highest BCUT2D eigenvalue weighted by Gasteiger charge is 2.28. The second kappa shape index (κ2) is 5.15. The number of nitrogens with one attached hydrogen (secondary N) is 1. The Morgan fingerprint density at radius 1 is 1.53 bits per heavy atom. The Labute approximate surface area is 108 Å². The zero-order valence-corrected chi connectivity index (χ0v) is 11.2. The molecule has 1 aromatic carbocycles. The predicted octanol–water partition coefficient (Wildman–Crippen LogP) is 2.82. The Balaban J connectivity index is 1.90. The van der Waals surface area contributed by atoms with Crippen LogP contribution in [0.2, 0.25) is 5.02 Å². The van der Waals surface area contributed by atoms with Crippen molar-refractivity contribution in [1.82, 2.24) is 4.90 Å². The number of likely N-dealkylation sites (N-methyl/N-ethyl adjacent to an activating group) is 1. The summed E-state index contributed by atoms with van der Waals surface area (Å²) in [7, 11) is 2.19. The Bertz CT molecular complexity index is 390. The minimum absolute atomic E-state index is 0.501. The highest BCUT2D eigenvalue weighted by Crippen LogP contribution is 2.28.